The number of unbranched alkanes of at least 4 members (excludes halogenated alkanes) is 2. The molecule has 216 valence electrons. The van der Waals surface area contributed by atoms with Gasteiger partial charge in [0.2, 0.25) is 0 Å². The van der Waals surface area contributed by atoms with Crippen molar-refractivity contribution in [3.8, 4) is 0 Å². The Bertz CT molecular complexity index is 619. The summed E-state index contributed by atoms with van der Waals surface area (Å²) in [5.41, 5.74) is -3.29. The van der Waals surface area contributed by atoms with Crippen molar-refractivity contribution < 1.29 is 30.0 Å². The first-order chi connectivity index (χ1) is 17.2. The van der Waals surface area contributed by atoms with Gasteiger partial charge >= 0.3 is 69.5 Å². The molecule has 0 aromatic heterocycles. The van der Waals surface area contributed by atoms with E-state index in [2.05, 4.69) is 13.8 Å². The van der Waals surface area contributed by atoms with Gasteiger partial charge in [-0.1, -0.05) is 67.2 Å². The van der Waals surface area contributed by atoms with Gasteiger partial charge in [0.1, 0.15) is 11.2 Å². The zero-order chi connectivity index (χ0) is 28.9. The SMILES string of the molecule is CCC(C)(CC)C1CCC1(O)C(=O)[O-].CCC(C)(CC)C1CCC1(O)C(=O)[O-].CCC[CH2][Sn+2][CH2]CCC. The van der Waals surface area contributed by atoms with Crippen LogP contribution in [0.25, 0.3) is 0 Å². The topological polar surface area (TPSA) is 121 Å². The third-order valence-electron chi connectivity index (χ3n) is 9.82. The van der Waals surface area contributed by atoms with E-state index in [9.17, 15) is 30.0 Å². The summed E-state index contributed by atoms with van der Waals surface area (Å²) < 4.78 is 3.25. The summed E-state index contributed by atoms with van der Waals surface area (Å²) in [5.74, 6) is -2.89. The number of aliphatic carboxylic acids is 2. The van der Waals surface area contributed by atoms with E-state index in [0.29, 0.717) is 12.8 Å². The van der Waals surface area contributed by atoms with Crippen molar-refractivity contribution in [1.29, 1.82) is 0 Å². The number of carbonyl (C=O) groups is 2. The van der Waals surface area contributed by atoms with E-state index in [-0.39, 0.29) is 43.8 Å². The van der Waals surface area contributed by atoms with Crippen LogP contribution in [-0.4, -0.2) is 54.5 Å². The molecule has 0 aromatic carbocycles. The first-order valence-corrected chi connectivity index (χ1v) is 18.8. The molecule has 0 heterocycles. The molecule has 2 aliphatic carbocycles. The maximum absolute atomic E-state index is 10.8. The number of carboxylic acid groups (broad SMARTS) is 2. The van der Waals surface area contributed by atoms with Crippen LogP contribution < -0.4 is 10.2 Å². The third-order valence-corrected chi connectivity index (χ3v) is 13.9. The van der Waals surface area contributed by atoms with Crippen molar-refractivity contribution in [3.05, 3.63) is 0 Å². The fourth-order valence-electron chi connectivity index (χ4n) is 5.68. The summed E-state index contributed by atoms with van der Waals surface area (Å²) in [6, 6.07) is 0. The Morgan fingerprint density at radius 2 is 1.03 bits per heavy atom. The summed E-state index contributed by atoms with van der Waals surface area (Å²) in [4.78, 5) is 21.7. The predicted octanol–water partition coefficient (Wildman–Crippen LogP) is 4.53. The molecule has 0 radical (unpaired) electrons. The van der Waals surface area contributed by atoms with Gasteiger partial charge in [0.15, 0.2) is 0 Å². The monoisotopic (exact) mass is 632 g/mol. The molecule has 0 amide bonds. The second-order valence-electron chi connectivity index (χ2n) is 11.8. The Kier molecular flexibility index (Phi) is 16.5. The molecule has 0 aromatic rings. The summed E-state index contributed by atoms with van der Waals surface area (Å²) in [5, 5.41) is 41.4. The zero-order valence-electron chi connectivity index (χ0n) is 25.1. The Balaban J connectivity index is 0.000000541. The molecule has 4 atom stereocenters. The van der Waals surface area contributed by atoms with Gasteiger partial charge in [-0.15, -0.1) is 0 Å². The van der Waals surface area contributed by atoms with Crippen molar-refractivity contribution in [3.63, 3.8) is 0 Å². The number of rotatable bonds is 14. The minimum absolute atomic E-state index is 0.0763. The third kappa shape index (κ3) is 9.37. The van der Waals surface area contributed by atoms with Crippen molar-refractivity contribution in [2.24, 2.45) is 22.7 Å². The molecule has 0 bridgehead atoms. The molecule has 7 heteroatoms. The van der Waals surface area contributed by atoms with Gasteiger partial charge in [-0.05, 0) is 48.3 Å². The van der Waals surface area contributed by atoms with E-state index >= 15 is 0 Å². The molecule has 0 saturated heterocycles. The van der Waals surface area contributed by atoms with E-state index in [1.54, 1.807) is 8.87 Å². The fourth-order valence-corrected chi connectivity index (χ4v) is 9.84. The minimum atomic E-state index is -1.57. The second-order valence-corrected chi connectivity index (χ2v) is 16.1. The Hall–Kier alpha value is -0.341. The van der Waals surface area contributed by atoms with E-state index < -0.39 is 23.1 Å². The van der Waals surface area contributed by atoms with Crippen LogP contribution in [0, 0.1) is 22.7 Å². The molecular weight excluding hydrogens is 575 g/mol. The van der Waals surface area contributed by atoms with E-state index in [4.69, 9.17) is 0 Å². The van der Waals surface area contributed by atoms with Crippen molar-refractivity contribution in [2.75, 3.05) is 0 Å². The van der Waals surface area contributed by atoms with Crippen LogP contribution in [0.5, 0.6) is 0 Å². The van der Waals surface area contributed by atoms with Crippen LogP contribution in [-0.2, 0) is 9.59 Å². The van der Waals surface area contributed by atoms with Crippen LogP contribution in [0.2, 0.25) is 8.87 Å². The van der Waals surface area contributed by atoms with Crippen LogP contribution in [0.15, 0.2) is 0 Å². The molecule has 2 saturated carbocycles. The van der Waals surface area contributed by atoms with E-state index in [1.807, 2.05) is 41.5 Å². The normalized spacial score (nSPS) is 26.8. The van der Waals surface area contributed by atoms with Gasteiger partial charge in [0.05, 0.1) is 11.9 Å². The van der Waals surface area contributed by atoms with Crippen LogP contribution in [0.3, 0.4) is 0 Å². The van der Waals surface area contributed by atoms with Crippen molar-refractivity contribution in [2.45, 2.75) is 153 Å². The number of aliphatic hydroxyl groups is 2. The van der Waals surface area contributed by atoms with Crippen molar-refractivity contribution >= 4 is 33.1 Å². The van der Waals surface area contributed by atoms with E-state index in [1.165, 1.54) is 25.7 Å². The number of carbonyl (C=O) groups excluding carboxylic acids is 2. The first-order valence-electron chi connectivity index (χ1n) is 14.8. The Morgan fingerprint density at radius 1 is 0.730 bits per heavy atom. The Labute approximate surface area is 237 Å². The molecule has 2 rings (SSSR count). The average molecular weight is 631 g/mol. The summed E-state index contributed by atoms with van der Waals surface area (Å²) in [6.07, 6.45) is 11.7. The van der Waals surface area contributed by atoms with Gasteiger partial charge in [0, 0.05) is 0 Å². The maximum atomic E-state index is 10.8. The van der Waals surface area contributed by atoms with Gasteiger partial charge in [0.25, 0.3) is 0 Å². The van der Waals surface area contributed by atoms with Crippen LogP contribution >= 0.6 is 0 Å². The standard InChI is InChI=1S/2C11H20O3.2C4H9.Sn/c2*1-4-10(3,5-2)8-6-7-11(8,14)9(12)13;2*1-3-4-2;/h2*8,14H,4-7H2,1-3H3,(H,12,13);2*1,3-4H2,2H3;/q;;;;+2/p-2. The molecule has 2 aliphatic rings. The second kappa shape index (κ2) is 16.7. The fraction of sp³-hybridized carbons (Fsp3) is 0.933. The summed E-state index contributed by atoms with van der Waals surface area (Å²) in [6.45, 7) is 16.8. The van der Waals surface area contributed by atoms with E-state index in [0.717, 1.165) is 38.5 Å². The average Bonchev–Trinajstić information content (AvgIpc) is 2.86. The molecule has 6 nitrogen and oxygen atoms in total. The van der Waals surface area contributed by atoms with Gasteiger partial charge < -0.3 is 30.0 Å². The number of hydrogen-bond acceptors (Lipinski definition) is 6. The summed E-state index contributed by atoms with van der Waals surface area (Å²) >= 11 is 0.149. The predicted molar refractivity (Wildman–Crippen MR) is 148 cm³/mol. The first kappa shape index (κ1) is 36.7. The van der Waals surface area contributed by atoms with Crippen LogP contribution in [0.4, 0.5) is 0 Å². The summed E-state index contributed by atoms with van der Waals surface area (Å²) in [7, 11) is 0. The molecular formula is C30H56O6Sn. The number of carboxylic acids is 2. The van der Waals surface area contributed by atoms with Crippen LogP contribution in [0.1, 0.15) is 132 Å². The molecule has 0 aliphatic heterocycles. The van der Waals surface area contributed by atoms with Gasteiger partial charge in [-0.2, -0.15) is 0 Å². The Morgan fingerprint density at radius 3 is 1.19 bits per heavy atom. The number of hydrogen-bond donors (Lipinski definition) is 2. The molecule has 2 N–H and O–H groups in total. The van der Waals surface area contributed by atoms with Crippen molar-refractivity contribution in [1.82, 2.24) is 0 Å². The van der Waals surface area contributed by atoms with Gasteiger partial charge in [-0.3, -0.25) is 0 Å². The molecule has 2 fully saturated rings. The molecule has 0 spiro atoms. The van der Waals surface area contributed by atoms with Gasteiger partial charge in [-0.25, -0.2) is 0 Å². The quantitative estimate of drug-likeness (QED) is 0.215. The molecule has 4 unspecified atom stereocenters. The molecule has 37 heavy (non-hydrogen) atoms. The zero-order valence-corrected chi connectivity index (χ0v) is 27.9.